The summed E-state index contributed by atoms with van der Waals surface area (Å²) < 4.78 is 0.383. The van der Waals surface area contributed by atoms with Crippen LogP contribution < -0.4 is 5.32 Å². The van der Waals surface area contributed by atoms with Crippen LogP contribution in [0.4, 0.5) is 0 Å². The van der Waals surface area contributed by atoms with E-state index in [4.69, 9.17) is 35.4 Å². The third-order valence-electron chi connectivity index (χ3n) is 1.99. The van der Waals surface area contributed by atoms with Crippen LogP contribution in [0.2, 0.25) is 10.0 Å². The molecule has 0 spiro atoms. The summed E-state index contributed by atoms with van der Waals surface area (Å²) in [7, 11) is 0. The van der Waals surface area contributed by atoms with E-state index < -0.39 is 0 Å². The molecule has 1 aliphatic rings. The lowest BCUT2D eigenvalue weighted by molar-refractivity contribution is -0.115. The van der Waals surface area contributed by atoms with Crippen LogP contribution in [0.1, 0.15) is 5.56 Å². The van der Waals surface area contributed by atoms with E-state index in [1.165, 1.54) is 18.2 Å². The standard InChI is InChI=1S/C10H5Cl2NO2S2/c11-5-1-4(8(14)6(12)3-5)2-7-9(15)13-10(16)17-7/h1-3,14H,(H,13,15,16)/b7-2-. The van der Waals surface area contributed by atoms with Gasteiger partial charge in [-0.05, 0) is 18.2 Å². The van der Waals surface area contributed by atoms with Gasteiger partial charge in [-0.25, -0.2) is 0 Å². The first-order valence-electron chi connectivity index (χ1n) is 4.40. The maximum atomic E-state index is 11.4. The van der Waals surface area contributed by atoms with Crippen molar-refractivity contribution in [2.75, 3.05) is 0 Å². The Hall–Kier alpha value is -0.750. The van der Waals surface area contributed by atoms with Crippen LogP contribution in [-0.4, -0.2) is 15.3 Å². The number of phenols is 1. The Kier molecular flexibility index (Phi) is 3.63. The van der Waals surface area contributed by atoms with Crippen LogP contribution in [0, 0.1) is 0 Å². The third-order valence-corrected chi connectivity index (χ3v) is 3.66. The number of halogens is 2. The predicted molar refractivity (Wildman–Crippen MR) is 74.4 cm³/mol. The highest BCUT2D eigenvalue weighted by atomic mass is 35.5. The van der Waals surface area contributed by atoms with E-state index in [0.717, 1.165) is 11.8 Å². The van der Waals surface area contributed by atoms with Gasteiger partial charge in [0.2, 0.25) is 0 Å². The molecule has 0 atom stereocenters. The summed E-state index contributed by atoms with van der Waals surface area (Å²) in [6.07, 6.45) is 1.49. The molecule has 0 unspecified atom stereocenters. The van der Waals surface area contributed by atoms with Crippen molar-refractivity contribution in [1.82, 2.24) is 5.32 Å². The number of rotatable bonds is 1. The molecular formula is C10H5Cl2NO2S2. The van der Waals surface area contributed by atoms with Gasteiger partial charge in [0.1, 0.15) is 10.1 Å². The summed E-state index contributed by atoms with van der Waals surface area (Å²) in [5, 5.41) is 12.7. The molecule has 1 aromatic carbocycles. The van der Waals surface area contributed by atoms with Crippen molar-refractivity contribution in [3.05, 3.63) is 32.6 Å². The number of thiocarbonyl (C=S) groups is 1. The van der Waals surface area contributed by atoms with Crippen molar-refractivity contribution in [3.63, 3.8) is 0 Å². The molecular weight excluding hydrogens is 301 g/mol. The lowest BCUT2D eigenvalue weighted by Gasteiger charge is -2.03. The summed E-state index contributed by atoms with van der Waals surface area (Å²) in [6, 6.07) is 2.94. The van der Waals surface area contributed by atoms with E-state index in [1.54, 1.807) is 0 Å². The fraction of sp³-hybridized carbons (Fsp3) is 0. The third kappa shape index (κ3) is 2.74. The Morgan fingerprint density at radius 3 is 2.71 bits per heavy atom. The van der Waals surface area contributed by atoms with Crippen molar-refractivity contribution in [1.29, 1.82) is 0 Å². The first-order valence-corrected chi connectivity index (χ1v) is 6.38. The maximum Gasteiger partial charge on any atom is 0.263 e. The minimum absolute atomic E-state index is 0.116. The quantitative estimate of drug-likeness (QED) is 0.618. The zero-order chi connectivity index (χ0) is 12.6. The van der Waals surface area contributed by atoms with E-state index in [9.17, 15) is 9.90 Å². The lowest BCUT2D eigenvalue weighted by Crippen LogP contribution is -2.17. The Morgan fingerprint density at radius 1 is 1.41 bits per heavy atom. The summed E-state index contributed by atoms with van der Waals surface area (Å²) in [6.45, 7) is 0. The second kappa shape index (κ2) is 4.86. The molecule has 17 heavy (non-hydrogen) atoms. The Morgan fingerprint density at radius 2 is 2.12 bits per heavy atom. The molecule has 88 valence electrons. The average Bonchev–Trinajstić information content (AvgIpc) is 2.53. The summed E-state index contributed by atoms with van der Waals surface area (Å²) >= 11 is 17.6. The van der Waals surface area contributed by atoms with Crippen molar-refractivity contribution in [2.24, 2.45) is 0 Å². The molecule has 0 bridgehead atoms. The molecule has 1 aromatic rings. The number of carbonyl (C=O) groups is 1. The van der Waals surface area contributed by atoms with Crippen LogP contribution in [0.3, 0.4) is 0 Å². The normalized spacial score (nSPS) is 17.6. The van der Waals surface area contributed by atoms with Gasteiger partial charge in [0, 0.05) is 10.6 Å². The van der Waals surface area contributed by atoms with Gasteiger partial charge in [0.25, 0.3) is 5.91 Å². The first-order chi connectivity index (χ1) is 7.97. The number of benzene rings is 1. The van der Waals surface area contributed by atoms with Crippen molar-refractivity contribution in [2.45, 2.75) is 0 Å². The highest BCUT2D eigenvalue weighted by Gasteiger charge is 2.22. The molecule has 0 saturated carbocycles. The molecule has 1 aliphatic heterocycles. The highest BCUT2D eigenvalue weighted by Crippen LogP contribution is 2.35. The van der Waals surface area contributed by atoms with Crippen LogP contribution in [-0.2, 0) is 4.79 Å². The maximum absolute atomic E-state index is 11.4. The van der Waals surface area contributed by atoms with Crippen molar-refractivity contribution < 1.29 is 9.90 Å². The Labute approximate surface area is 117 Å². The van der Waals surface area contributed by atoms with Crippen molar-refractivity contribution >= 4 is 63.5 Å². The van der Waals surface area contributed by atoms with Gasteiger partial charge in [-0.15, -0.1) is 0 Å². The van der Waals surface area contributed by atoms with Crippen LogP contribution in [0.15, 0.2) is 17.0 Å². The van der Waals surface area contributed by atoms with Gasteiger partial charge in [0.15, 0.2) is 0 Å². The second-order valence-electron chi connectivity index (χ2n) is 3.18. The molecule has 2 rings (SSSR count). The van der Waals surface area contributed by atoms with Gasteiger partial charge in [-0.1, -0.05) is 47.2 Å². The number of amides is 1. The monoisotopic (exact) mass is 305 g/mol. The second-order valence-corrected chi connectivity index (χ2v) is 5.74. The van der Waals surface area contributed by atoms with Gasteiger partial charge in [-0.2, -0.15) is 0 Å². The summed E-state index contributed by atoms with van der Waals surface area (Å²) in [5.74, 6) is -0.412. The number of hydrogen-bond donors (Lipinski definition) is 2. The number of nitrogens with one attached hydrogen (secondary N) is 1. The van der Waals surface area contributed by atoms with Gasteiger partial charge in [0.05, 0.1) is 9.93 Å². The van der Waals surface area contributed by atoms with E-state index in [-0.39, 0.29) is 16.7 Å². The van der Waals surface area contributed by atoms with Gasteiger partial charge < -0.3 is 10.4 Å². The minimum Gasteiger partial charge on any atom is -0.506 e. The zero-order valence-electron chi connectivity index (χ0n) is 8.16. The van der Waals surface area contributed by atoms with E-state index in [1.807, 2.05) is 0 Å². The number of thioether (sulfide) groups is 1. The van der Waals surface area contributed by atoms with Crippen LogP contribution in [0.5, 0.6) is 5.75 Å². The molecule has 3 nitrogen and oxygen atoms in total. The summed E-state index contributed by atoms with van der Waals surface area (Å²) in [4.78, 5) is 11.8. The molecule has 2 N–H and O–H groups in total. The predicted octanol–water partition coefficient (Wildman–Crippen LogP) is 3.19. The molecule has 7 heteroatoms. The molecule has 1 heterocycles. The number of hydrogen-bond acceptors (Lipinski definition) is 4. The van der Waals surface area contributed by atoms with E-state index in [2.05, 4.69) is 5.32 Å². The lowest BCUT2D eigenvalue weighted by atomic mass is 10.2. The minimum atomic E-state index is -0.296. The molecule has 0 aromatic heterocycles. The topological polar surface area (TPSA) is 49.3 Å². The molecule has 1 saturated heterocycles. The van der Waals surface area contributed by atoms with E-state index >= 15 is 0 Å². The number of carbonyl (C=O) groups excluding carboxylic acids is 1. The SMILES string of the molecule is O=C1NC(=S)S/C1=C\c1cc(Cl)cc(Cl)c1O. The van der Waals surface area contributed by atoms with E-state index in [0.29, 0.717) is 19.8 Å². The molecule has 0 radical (unpaired) electrons. The molecule has 0 aliphatic carbocycles. The van der Waals surface area contributed by atoms with Crippen LogP contribution in [0.25, 0.3) is 6.08 Å². The number of phenolic OH excluding ortho intramolecular Hbond substituents is 1. The molecule has 1 amide bonds. The smallest absolute Gasteiger partial charge is 0.263 e. The Bertz CT molecular complexity index is 557. The van der Waals surface area contributed by atoms with Gasteiger partial charge >= 0.3 is 0 Å². The zero-order valence-corrected chi connectivity index (χ0v) is 11.3. The Balaban J connectivity index is 2.46. The first kappa shape index (κ1) is 12.7. The van der Waals surface area contributed by atoms with Crippen molar-refractivity contribution in [3.8, 4) is 5.75 Å². The average molecular weight is 306 g/mol. The summed E-state index contributed by atoms with van der Waals surface area (Å²) in [5.41, 5.74) is 0.379. The van der Waals surface area contributed by atoms with Crippen LogP contribution >= 0.6 is 47.2 Å². The highest BCUT2D eigenvalue weighted by molar-refractivity contribution is 8.26. The largest absolute Gasteiger partial charge is 0.506 e. The van der Waals surface area contributed by atoms with Gasteiger partial charge in [-0.3, -0.25) is 4.79 Å². The number of aromatic hydroxyl groups is 1. The fourth-order valence-corrected chi connectivity index (χ4v) is 2.80. The molecule has 1 fully saturated rings. The fourth-order valence-electron chi connectivity index (χ4n) is 1.26.